The highest BCUT2D eigenvalue weighted by Crippen LogP contribution is 2.34. The van der Waals surface area contributed by atoms with Crippen LogP contribution in [0.15, 0.2) is 33.8 Å². The topological polar surface area (TPSA) is 96.7 Å². The maximum absolute atomic E-state index is 13.8. The summed E-state index contributed by atoms with van der Waals surface area (Å²) < 4.78 is 20.5. The Kier molecular flexibility index (Phi) is 4.21. The summed E-state index contributed by atoms with van der Waals surface area (Å²) in [5.41, 5.74) is 1.19. The Balaban J connectivity index is 1.62. The first-order valence-corrected chi connectivity index (χ1v) is 10.7. The largest absolute Gasteiger partial charge is 0.368 e. The van der Waals surface area contributed by atoms with E-state index in [4.69, 9.17) is 25.6 Å². The summed E-state index contributed by atoms with van der Waals surface area (Å²) in [5.74, 6) is 0.676. The molecule has 10 heteroatoms. The van der Waals surface area contributed by atoms with Crippen molar-refractivity contribution in [1.82, 2.24) is 24.1 Å². The van der Waals surface area contributed by atoms with Crippen LogP contribution in [0, 0.1) is 0 Å². The van der Waals surface area contributed by atoms with E-state index in [9.17, 15) is 4.79 Å². The molecule has 0 spiro atoms. The predicted octanol–water partition coefficient (Wildman–Crippen LogP) is 3.69. The van der Waals surface area contributed by atoms with Gasteiger partial charge in [-0.25, -0.2) is 4.98 Å². The van der Waals surface area contributed by atoms with Crippen LogP contribution in [0.5, 0.6) is 0 Å². The van der Waals surface area contributed by atoms with Crippen molar-refractivity contribution in [2.24, 2.45) is 0 Å². The van der Waals surface area contributed by atoms with Gasteiger partial charge in [0.05, 0.1) is 11.0 Å². The summed E-state index contributed by atoms with van der Waals surface area (Å²) in [6.07, 6.45) is 4.78. The van der Waals surface area contributed by atoms with E-state index in [-0.39, 0.29) is 17.5 Å². The van der Waals surface area contributed by atoms with E-state index < -0.39 is 5.72 Å². The van der Waals surface area contributed by atoms with Crippen molar-refractivity contribution in [3.8, 4) is 11.5 Å². The van der Waals surface area contributed by atoms with Crippen LogP contribution in [0.2, 0.25) is 5.02 Å². The summed E-state index contributed by atoms with van der Waals surface area (Å²) in [6.45, 7) is 3.20. The van der Waals surface area contributed by atoms with Gasteiger partial charge in [-0.3, -0.25) is 13.8 Å². The zero-order valence-electron chi connectivity index (χ0n) is 16.9. The van der Waals surface area contributed by atoms with Crippen molar-refractivity contribution in [3.05, 3.63) is 45.8 Å². The van der Waals surface area contributed by atoms with Gasteiger partial charge in [0.1, 0.15) is 29.4 Å². The van der Waals surface area contributed by atoms with Crippen molar-refractivity contribution in [2.45, 2.75) is 44.4 Å². The first-order chi connectivity index (χ1) is 15.0. The molecule has 2 fully saturated rings. The molecule has 3 aromatic heterocycles. The summed E-state index contributed by atoms with van der Waals surface area (Å²) in [5, 5.41) is 4.63. The summed E-state index contributed by atoms with van der Waals surface area (Å²) in [4.78, 5) is 22.8. The molecular weight excluding hydrogens is 422 g/mol. The van der Waals surface area contributed by atoms with E-state index in [0.29, 0.717) is 40.9 Å². The second-order valence-electron chi connectivity index (χ2n) is 8.17. The number of hydrogen-bond donors (Lipinski definition) is 0. The SMILES string of the molecule is CC1(n2c(=O)c3c(-c4noc(C5CCCO5)n4)ncn3c3ccc(Cl)cc32)CCCO1. The Morgan fingerprint density at radius 3 is 2.90 bits per heavy atom. The van der Waals surface area contributed by atoms with Crippen LogP contribution in [0.4, 0.5) is 0 Å². The van der Waals surface area contributed by atoms with Crippen LogP contribution in [-0.4, -0.2) is 37.3 Å². The van der Waals surface area contributed by atoms with Gasteiger partial charge >= 0.3 is 0 Å². The molecule has 0 aliphatic carbocycles. The Bertz CT molecular complexity index is 1360. The van der Waals surface area contributed by atoms with Gasteiger partial charge in [0.25, 0.3) is 11.4 Å². The van der Waals surface area contributed by atoms with E-state index >= 15 is 0 Å². The highest BCUT2D eigenvalue weighted by Gasteiger charge is 2.36. The second-order valence-corrected chi connectivity index (χ2v) is 8.61. The van der Waals surface area contributed by atoms with Gasteiger partial charge in [-0.15, -0.1) is 0 Å². The van der Waals surface area contributed by atoms with Crippen LogP contribution in [-0.2, 0) is 15.2 Å². The monoisotopic (exact) mass is 441 g/mol. The first-order valence-electron chi connectivity index (χ1n) is 10.4. The summed E-state index contributed by atoms with van der Waals surface area (Å²) in [6, 6.07) is 5.45. The number of imidazole rings is 1. The first kappa shape index (κ1) is 19.0. The van der Waals surface area contributed by atoms with Gasteiger partial charge in [-0.1, -0.05) is 16.8 Å². The number of aromatic nitrogens is 5. The van der Waals surface area contributed by atoms with Gasteiger partial charge < -0.3 is 14.0 Å². The highest BCUT2D eigenvalue weighted by molar-refractivity contribution is 6.31. The van der Waals surface area contributed by atoms with Gasteiger partial charge in [0, 0.05) is 18.2 Å². The minimum atomic E-state index is -0.774. The molecule has 0 saturated carbocycles. The Hall–Kier alpha value is -2.75. The lowest BCUT2D eigenvalue weighted by Crippen LogP contribution is -2.39. The molecule has 2 aliphatic heterocycles. The van der Waals surface area contributed by atoms with Crippen molar-refractivity contribution in [1.29, 1.82) is 0 Å². The normalized spacial score (nSPS) is 24.0. The van der Waals surface area contributed by atoms with Crippen molar-refractivity contribution >= 4 is 28.2 Å². The quantitative estimate of drug-likeness (QED) is 0.478. The van der Waals surface area contributed by atoms with Crippen molar-refractivity contribution < 1.29 is 14.0 Å². The van der Waals surface area contributed by atoms with E-state index in [2.05, 4.69) is 15.1 Å². The minimum absolute atomic E-state index is 0.208. The van der Waals surface area contributed by atoms with Gasteiger partial charge in [0.2, 0.25) is 5.82 Å². The van der Waals surface area contributed by atoms with E-state index in [1.165, 1.54) is 0 Å². The lowest BCUT2D eigenvalue weighted by molar-refractivity contribution is -0.0447. The van der Waals surface area contributed by atoms with Crippen molar-refractivity contribution in [3.63, 3.8) is 0 Å². The van der Waals surface area contributed by atoms with Crippen LogP contribution in [0.1, 0.15) is 44.6 Å². The number of hydrogen-bond acceptors (Lipinski definition) is 7. The van der Waals surface area contributed by atoms with Gasteiger partial charge in [-0.2, -0.15) is 4.98 Å². The molecule has 0 amide bonds. The zero-order valence-corrected chi connectivity index (χ0v) is 17.6. The molecule has 2 saturated heterocycles. The number of nitrogens with zero attached hydrogens (tertiary/aromatic N) is 5. The van der Waals surface area contributed by atoms with Crippen LogP contribution >= 0.6 is 11.6 Å². The number of halogens is 1. The number of rotatable bonds is 3. The molecule has 9 nitrogen and oxygen atoms in total. The lowest BCUT2D eigenvalue weighted by atomic mass is 10.1. The average molecular weight is 442 g/mol. The van der Waals surface area contributed by atoms with Gasteiger partial charge in [-0.05, 0) is 50.8 Å². The van der Waals surface area contributed by atoms with Crippen molar-refractivity contribution in [2.75, 3.05) is 13.2 Å². The summed E-state index contributed by atoms with van der Waals surface area (Å²) >= 11 is 6.29. The third-order valence-corrected chi connectivity index (χ3v) is 6.38. The molecule has 5 heterocycles. The third kappa shape index (κ3) is 2.84. The number of fused-ring (bicyclic) bond motifs is 3. The van der Waals surface area contributed by atoms with E-state index in [1.54, 1.807) is 27.4 Å². The zero-order chi connectivity index (χ0) is 21.2. The molecule has 1 aromatic carbocycles. The molecule has 160 valence electrons. The molecule has 0 bridgehead atoms. The fraction of sp³-hybridized carbons (Fsp3) is 0.429. The highest BCUT2D eigenvalue weighted by atomic mass is 35.5. The van der Waals surface area contributed by atoms with E-state index in [1.807, 2.05) is 13.0 Å². The predicted molar refractivity (Wildman–Crippen MR) is 112 cm³/mol. The molecular formula is C21H20ClN5O4. The fourth-order valence-corrected chi connectivity index (χ4v) is 4.81. The molecule has 2 unspecified atom stereocenters. The molecule has 6 rings (SSSR count). The van der Waals surface area contributed by atoms with Crippen LogP contribution < -0.4 is 5.56 Å². The third-order valence-electron chi connectivity index (χ3n) is 6.14. The Morgan fingerprint density at radius 2 is 2.13 bits per heavy atom. The Morgan fingerprint density at radius 1 is 1.23 bits per heavy atom. The summed E-state index contributed by atoms with van der Waals surface area (Å²) in [7, 11) is 0. The molecule has 4 aromatic rings. The van der Waals surface area contributed by atoms with Crippen LogP contribution in [0.25, 0.3) is 28.1 Å². The second kappa shape index (κ2) is 6.88. The maximum Gasteiger partial charge on any atom is 0.280 e. The minimum Gasteiger partial charge on any atom is -0.368 e. The average Bonchev–Trinajstić information content (AvgIpc) is 3.53. The van der Waals surface area contributed by atoms with Crippen LogP contribution in [0.3, 0.4) is 0 Å². The molecule has 2 aliphatic rings. The van der Waals surface area contributed by atoms with Gasteiger partial charge in [0.15, 0.2) is 0 Å². The Labute approximate surface area is 181 Å². The smallest absolute Gasteiger partial charge is 0.280 e. The fourth-order valence-electron chi connectivity index (χ4n) is 4.64. The molecule has 0 N–H and O–H groups in total. The number of ether oxygens (including phenoxy) is 2. The maximum atomic E-state index is 13.8. The molecule has 0 radical (unpaired) electrons. The standard InChI is InChI=1S/C21H20ClN5O4/c1-21(7-3-9-30-21)27-14-10-12(22)5-6-13(14)26-11-23-16(17(26)20(27)28)18-24-19(31-25-18)15-4-2-8-29-15/h5-6,10-11,15H,2-4,7-9H2,1H3. The lowest BCUT2D eigenvalue weighted by Gasteiger charge is -2.28. The molecule has 2 atom stereocenters. The van der Waals surface area contributed by atoms with E-state index in [0.717, 1.165) is 31.2 Å². The number of benzene rings is 1. The molecule has 31 heavy (non-hydrogen) atoms.